The highest BCUT2D eigenvalue weighted by Crippen LogP contribution is 2.20. The minimum Gasteiger partial charge on any atom is -0.368 e. The lowest BCUT2D eigenvalue weighted by molar-refractivity contribution is -0.147. The summed E-state index contributed by atoms with van der Waals surface area (Å²) in [5, 5.41) is 3.59. The first-order valence-corrected chi connectivity index (χ1v) is 10.5. The number of carbonyl (C=O) groups is 3. The lowest BCUT2D eigenvalue weighted by Gasteiger charge is -2.22. The van der Waals surface area contributed by atoms with Gasteiger partial charge in [0.05, 0.1) is 6.61 Å². The largest absolute Gasteiger partial charge is 0.368 e. The summed E-state index contributed by atoms with van der Waals surface area (Å²) >= 11 is 0. The van der Waals surface area contributed by atoms with Crippen LogP contribution in [0.1, 0.15) is 25.0 Å². The molecule has 3 amide bonds. The van der Waals surface area contributed by atoms with Crippen LogP contribution in [0.5, 0.6) is 0 Å². The molecule has 0 aliphatic heterocycles. The Bertz CT molecular complexity index is 1080. The molecule has 2 atom stereocenters. The van der Waals surface area contributed by atoms with Gasteiger partial charge in [0, 0.05) is 23.5 Å². The van der Waals surface area contributed by atoms with Gasteiger partial charge < -0.3 is 16.0 Å². The van der Waals surface area contributed by atoms with Crippen molar-refractivity contribution >= 4 is 28.6 Å². The maximum absolute atomic E-state index is 12.9. The van der Waals surface area contributed by atoms with E-state index in [1.807, 2.05) is 54.6 Å². The van der Waals surface area contributed by atoms with Crippen molar-refractivity contribution in [1.29, 1.82) is 0 Å². The third kappa shape index (κ3) is 5.73. The van der Waals surface area contributed by atoms with Gasteiger partial charge in [-0.25, -0.2) is 5.48 Å². The van der Waals surface area contributed by atoms with Crippen LogP contribution in [0.15, 0.2) is 60.8 Å². The molecule has 0 spiro atoms. The summed E-state index contributed by atoms with van der Waals surface area (Å²) in [6.45, 7) is 3.67. The van der Waals surface area contributed by atoms with Gasteiger partial charge >= 0.3 is 0 Å². The van der Waals surface area contributed by atoms with Crippen LogP contribution in [-0.2, 0) is 32.2 Å². The highest BCUT2D eigenvalue weighted by Gasteiger charge is 2.33. The number of nitrogens with two attached hydrogens (primary N) is 1. The Labute approximate surface area is 186 Å². The molecule has 5 N–H and O–H groups in total. The first-order chi connectivity index (χ1) is 15.4. The van der Waals surface area contributed by atoms with E-state index in [9.17, 15) is 14.4 Å². The molecule has 0 fully saturated rings. The number of hydroxylamine groups is 1. The van der Waals surface area contributed by atoms with E-state index in [0.717, 1.165) is 22.0 Å². The van der Waals surface area contributed by atoms with Gasteiger partial charge in [0.2, 0.25) is 11.8 Å². The zero-order chi connectivity index (χ0) is 23.1. The second-order valence-corrected chi connectivity index (χ2v) is 7.99. The van der Waals surface area contributed by atoms with E-state index in [-0.39, 0.29) is 18.9 Å². The van der Waals surface area contributed by atoms with Crippen LogP contribution in [0.2, 0.25) is 0 Å². The Morgan fingerprint density at radius 2 is 1.69 bits per heavy atom. The summed E-state index contributed by atoms with van der Waals surface area (Å²) in [6, 6.07) is 16.0. The molecule has 8 nitrogen and oxygen atoms in total. The fourth-order valence-corrected chi connectivity index (χ4v) is 3.56. The van der Waals surface area contributed by atoms with Crippen LogP contribution in [0.3, 0.4) is 0 Å². The van der Waals surface area contributed by atoms with Crippen molar-refractivity contribution in [3.05, 3.63) is 71.9 Å². The summed E-state index contributed by atoms with van der Waals surface area (Å²) in [5.41, 5.74) is 10.6. The summed E-state index contributed by atoms with van der Waals surface area (Å²) in [5.74, 6) is -3.20. The number of amides is 3. The Morgan fingerprint density at radius 3 is 2.38 bits per heavy atom. The monoisotopic (exact) mass is 436 g/mol. The maximum atomic E-state index is 12.9. The quantitative estimate of drug-likeness (QED) is 0.287. The molecular weight excluding hydrogens is 408 g/mol. The fourth-order valence-electron chi connectivity index (χ4n) is 3.56. The first kappa shape index (κ1) is 23.0. The molecule has 0 aliphatic rings. The second-order valence-electron chi connectivity index (χ2n) is 7.99. The molecule has 1 aromatic heterocycles. The number of hydrogen-bond donors (Lipinski definition) is 4. The normalized spacial score (nSPS) is 13.0. The van der Waals surface area contributed by atoms with Crippen LogP contribution in [0.25, 0.3) is 10.9 Å². The number of H-pyrrole nitrogens is 1. The zero-order valence-corrected chi connectivity index (χ0v) is 18.1. The van der Waals surface area contributed by atoms with Crippen LogP contribution >= 0.6 is 0 Å². The summed E-state index contributed by atoms with van der Waals surface area (Å²) in [4.78, 5) is 46.0. The molecule has 168 valence electrons. The Morgan fingerprint density at radius 1 is 1.00 bits per heavy atom. The van der Waals surface area contributed by atoms with E-state index in [1.54, 1.807) is 20.0 Å². The molecule has 2 aromatic carbocycles. The lowest BCUT2D eigenvalue weighted by atomic mass is 9.93. The number of benzene rings is 2. The molecule has 3 rings (SSSR count). The van der Waals surface area contributed by atoms with Gasteiger partial charge in [-0.2, -0.15) is 0 Å². The number of aromatic amines is 1. The molecule has 32 heavy (non-hydrogen) atoms. The molecular formula is C24H28N4O4. The fraction of sp³-hybridized carbons (Fsp3) is 0.292. The summed E-state index contributed by atoms with van der Waals surface area (Å²) < 4.78 is 0. The first-order valence-electron chi connectivity index (χ1n) is 10.5. The van der Waals surface area contributed by atoms with Crippen molar-refractivity contribution in [2.24, 2.45) is 17.6 Å². The smallest absolute Gasteiger partial charge is 0.256 e. The minimum absolute atomic E-state index is 0.170. The molecule has 1 heterocycles. The number of aromatic nitrogens is 1. The molecule has 8 heteroatoms. The van der Waals surface area contributed by atoms with E-state index in [2.05, 4.69) is 15.8 Å². The van der Waals surface area contributed by atoms with E-state index >= 15 is 0 Å². The second kappa shape index (κ2) is 10.6. The van der Waals surface area contributed by atoms with Crippen molar-refractivity contribution in [2.75, 3.05) is 0 Å². The van der Waals surface area contributed by atoms with Gasteiger partial charge in [-0.05, 0) is 23.1 Å². The molecule has 0 bridgehead atoms. The van der Waals surface area contributed by atoms with Crippen molar-refractivity contribution < 1.29 is 19.2 Å². The highest BCUT2D eigenvalue weighted by molar-refractivity contribution is 6.01. The van der Waals surface area contributed by atoms with Crippen LogP contribution in [-0.4, -0.2) is 28.7 Å². The number of primary amides is 1. The van der Waals surface area contributed by atoms with Gasteiger partial charge in [0.15, 0.2) is 0 Å². The third-order valence-electron chi connectivity index (χ3n) is 5.24. The number of carbonyl (C=O) groups excluding carboxylic acids is 3. The van der Waals surface area contributed by atoms with Crippen molar-refractivity contribution in [3.8, 4) is 0 Å². The van der Waals surface area contributed by atoms with Crippen LogP contribution in [0, 0.1) is 11.8 Å². The average molecular weight is 437 g/mol. The van der Waals surface area contributed by atoms with Gasteiger partial charge in [0.25, 0.3) is 5.91 Å². The van der Waals surface area contributed by atoms with Gasteiger partial charge in [0.1, 0.15) is 12.0 Å². The number of para-hydroxylation sites is 1. The van der Waals surface area contributed by atoms with E-state index in [1.165, 1.54) is 0 Å². The van der Waals surface area contributed by atoms with Gasteiger partial charge in [-0.15, -0.1) is 0 Å². The molecule has 0 saturated carbocycles. The Kier molecular flexibility index (Phi) is 7.62. The number of hydrogen-bond acceptors (Lipinski definition) is 4. The van der Waals surface area contributed by atoms with E-state index in [4.69, 9.17) is 10.6 Å². The standard InChI is InChI=1S/C24H28N4O4/c1-15(2)21(24(31)28-32-14-16-8-4-3-5-9-16)23(30)27-20(22(25)29)12-17-13-26-19-11-7-6-10-18(17)19/h3-11,13,15,20-21,26H,12,14H2,1-2H3,(H2,25,29)(H,27,30)(H,28,31)/t20-,21?/m0/s1. The molecule has 3 aromatic rings. The third-order valence-corrected chi connectivity index (χ3v) is 5.24. The van der Waals surface area contributed by atoms with Crippen LogP contribution in [0.4, 0.5) is 0 Å². The minimum atomic E-state index is -1.05. The number of nitrogens with one attached hydrogen (secondary N) is 3. The van der Waals surface area contributed by atoms with E-state index < -0.39 is 29.7 Å². The van der Waals surface area contributed by atoms with Gasteiger partial charge in [-0.1, -0.05) is 62.4 Å². The molecule has 1 unspecified atom stereocenters. The summed E-state index contributed by atoms with van der Waals surface area (Å²) in [7, 11) is 0. The molecule has 0 aliphatic carbocycles. The molecule has 0 radical (unpaired) electrons. The van der Waals surface area contributed by atoms with Crippen molar-refractivity contribution in [3.63, 3.8) is 0 Å². The topological polar surface area (TPSA) is 126 Å². The predicted octanol–water partition coefficient (Wildman–Crippen LogP) is 2.20. The predicted molar refractivity (Wildman–Crippen MR) is 121 cm³/mol. The molecule has 0 saturated heterocycles. The van der Waals surface area contributed by atoms with Crippen molar-refractivity contribution in [1.82, 2.24) is 15.8 Å². The average Bonchev–Trinajstić information content (AvgIpc) is 3.17. The number of rotatable bonds is 10. The van der Waals surface area contributed by atoms with E-state index in [0.29, 0.717) is 0 Å². The highest BCUT2D eigenvalue weighted by atomic mass is 16.6. The Balaban J connectivity index is 1.64. The van der Waals surface area contributed by atoms with Crippen LogP contribution < -0.4 is 16.5 Å². The van der Waals surface area contributed by atoms with Crippen molar-refractivity contribution in [2.45, 2.75) is 32.9 Å². The van der Waals surface area contributed by atoms with Gasteiger partial charge in [-0.3, -0.25) is 19.2 Å². The lowest BCUT2D eigenvalue weighted by Crippen LogP contribution is -2.51. The maximum Gasteiger partial charge on any atom is 0.256 e. The zero-order valence-electron chi connectivity index (χ0n) is 18.1. The summed E-state index contributed by atoms with van der Waals surface area (Å²) in [6.07, 6.45) is 2.00. The SMILES string of the molecule is CC(C)C(C(=O)NOCc1ccccc1)C(=O)N[C@@H](Cc1c[nH]c2ccccc12)C(N)=O. The number of fused-ring (bicyclic) bond motifs is 1. The Hall–Kier alpha value is -3.65.